The molecule has 1 aliphatic rings. The number of pyridine rings is 1. The molecule has 0 bridgehead atoms. The number of aromatic nitrogens is 1. The lowest BCUT2D eigenvalue weighted by molar-refractivity contribution is 0.478. The fourth-order valence-electron chi connectivity index (χ4n) is 3.38. The maximum absolute atomic E-state index is 9.10. The molecule has 0 radical (unpaired) electrons. The summed E-state index contributed by atoms with van der Waals surface area (Å²) in [5.74, 6) is 2.01. The lowest BCUT2D eigenvalue weighted by atomic mass is 9.91. The number of hydrogen-bond acceptors (Lipinski definition) is 3. The highest BCUT2D eigenvalue weighted by Gasteiger charge is 2.24. The number of rotatable bonds is 2. The average Bonchev–Trinajstić information content (AvgIpc) is 2.55. The summed E-state index contributed by atoms with van der Waals surface area (Å²) in [7, 11) is 0. The first-order valence-electron chi connectivity index (χ1n) is 8.20. The summed E-state index contributed by atoms with van der Waals surface area (Å²) in [5.41, 5.74) is 5.27. The summed E-state index contributed by atoms with van der Waals surface area (Å²) in [5, 5.41) is 11.4. The topological polar surface area (TPSA) is 45.9 Å². The molecule has 2 aromatic carbocycles. The smallest absolute Gasteiger partial charge is 0.157 e. The molecule has 0 amide bonds. The minimum absolute atomic E-state index is 0.318. The van der Waals surface area contributed by atoms with Crippen molar-refractivity contribution in [3.8, 4) is 28.8 Å². The predicted octanol–water partition coefficient (Wildman–Crippen LogP) is 5.51. The molecular weight excluding hydrogens is 296 g/mol. The van der Waals surface area contributed by atoms with Gasteiger partial charge in [-0.05, 0) is 47.6 Å². The molecule has 2 heterocycles. The molecule has 1 aliphatic heterocycles. The summed E-state index contributed by atoms with van der Waals surface area (Å²) in [6.45, 7) is 6.47. The van der Waals surface area contributed by atoms with E-state index in [2.05, 4.69) is 56.1 Å². The van der Waals surface area contributed by atoms with Gasteiger partial charge in [0.15, 0.2) is 5.75 Å². The second kappa shape index (κ2) is 5.35. The number of hydrogen-bond donors (Lipinski definition) is 0. The number of aryl methyl sites for hydroxylation is 1. The third-order valence-corrected chi connectivity index (χ3v) is 4.57. The molecule has 0 saturated heterocycles. The van der Waals surface area contributed by atoms with Crippen molar-refractivity contribution < 1.29 is 4.74 Å². The molecule has 3 nitrogen and oxygen atoms in total. The third kappa shape index (κ3) is 2.15. The summed E-state index contributed by atoms with van der Waals surface area (Å²) >= 11 is 0. The van der Waals surface area contributed by atoms with E-state index in [4.69, 9.17) is 10.00 Å². The normalized spacial score (nSPS) is 12.0. The standard InChI is InChI=1S/C21H18N2O/c1-12(2)15-10-16-8-13(3)9-17-19(16)18(11-15)24-21-14(4-6-22)5-7-23-20(17)21/h5,7-12H,4H2,1-3H3. The summed E-state index contributed by atoms with van der Waals surface area (Å²) in [4.78, 5) is 4.55. The average molecular weight is 314 g/mol. The molecule has 0 unspecified atom stereocenters. The Kier molecular flexibility index (Phi) is 3.28. The SMILES string of the molecule is Cc1cc2c3c(cc(C(C)C)cc3c1)Oc1c(CC#N)ccnc1-2. The third-order valence-electron chi connectivity index (χ3n) is 4.57. The van der Waals surface area contributed by atoms with Crippen molar-refractivity contribution in [1.82, 2.24) is 4.98 Å². The van der Waals surface area contributed by atoms with Gasteiger partial charge in [0.05, 0.1) is 12.5 Å². The zero-order valence-electron chi connectivity index (χ0n) is 14.1. The quantitative estimate of drug-likeness (QED) is 0.490. The van der Waals surface area contributed by atoms with Crippen LogP contribution in [0.3, 0.4) is 0 Å². The molecule has 4 rings (SSSR count). The van der Waals surface area contributed by atoms with E-state index in [1.54, 1.807) is 6.20 Å². The molecule has 0 N–H and O–H groups in total. The van der Waals surface area contributed by atoms with E-state index in [1.807, 2.05) is 6.07 Å². The number of benzene rings is 2. The zero-order chi connectivity index (χ0) is 16.8. The Balaban J connectivity index is 2.08. The van der Waals surface area contributed by atoms with Crippen LogP contribution in [0.1, 0.15) is 36.5 Å². The van der Waals surface area contributed by atoms with Crippen molar-refractivity contribution in [1.29, 1.82) is 5.26 Å². The van der Waals surface area contributed by atoms with Gasteiger partial charge in [-0.1, -0.05) is 26.0 Å². The van der Waals surface area contributed by atoms with Gasteiger partial charge in [-0.3, -0.25) is 4.98 Å². The second-order valence-corrected chi connectivity index (χ2v) is 6.67. The minimum Gasteiger partial charge on any atom is -0.454 e. The molecule has 0 atom stereocenters. The highest BCUT2D eigenvalue weighted by molar-refractivity contribution is 6.04. The van der Waals surface area contributed by atoms with Crippen LogP contribution in [-0.4, -0.2) is 4.98 Å². The molecule has 0 fully saturated rings. The van der Waals surface area contributed by atoms with Crippen LogP contribution in [0.2, 0.25) is 0 Å². The van der Waals surface area contributed by atoms with Crippen molar-refractivity contribution in [2.24, 2.45) is 0 Å². The molecular formula is C21H18N2O. The van der Waals surface area contributed by atoms with Crippen molar-refractivity contribution in [3.05, 3.63) is 53.2 Å². The summed E-state index contributed by atoms with van der Waals surface area (Å²) in [6.07, 6.45) is 2.08. The monoisotopic (exact) mass is 314 g/mol. The highest BCUT2D eigenvalue weighted by atomic mass is 16.5. The maximum atomic E-state index is 9.10. The van der Waals surface area contributed by atoms with E-state index in [0.717, 1.165) is 33.7 Å². The molecule has 118 valence electrons. The van der Waals surface area contributed by atoms with Gasteiger partial charge in [-0.2, -0.15) is 5.26 Å². The van der Waals surface area contributed by atoms with Gasteiger partial charge in [0, 0.05) is 22.7 Å². The molecule has 1 aromatic heterocycles. The first-order chi connectivity index (χ1) is 11.6. The maximum Gasteiger partial charge on any atom is 0.157 e. The number of nitriles is 1. The molecule has 3 heteroatoms. The van der Waals surface area contributed by atoms with Crippen LogP contribution in [0.15, 0.2) is 36.5 Å². The molecule has 24 heavy (non-hydrogen) atoms. The Bertz CT molecular complexity index is 1010. The van der Waals surface area contributed by atoms with Crippen LogP contribution in [-0.2, 0) is 6.42 Å². The van der Waals surface area contributed by atoms with Crippen LogP contribution >= 0.6 is 0 Å². The van der Waals surface area contributed by atoms with Gasteiger partial charge in [0.25, 0.3) is 0 Å². The van der Waals surface area contributed by atoms with Crippen LogP contribution in [0, 0.1) is 18.3 Å². The first-order valence-corrected chi connectivity index (χ1v) is 8.20. The fraction of sp³-hybridized carbons (Fsp3) is 0.238. The van der Waals surface area contributed by atoms with Crippen molar-refractivity contribution in [3.63, 3.8) is 0 Å². The van der Waals surface area contributed by atoms with E-state index < -0.39 is 0 Å². The van der Waals surface area contributed by atoms with Crippen molar-refractivity contribution >= 4 is 10.8 Å². The van der Waals surface area contributed by atoms with Crippen LogP contribution in [0.5, 0.6) is 11.5 Å². The molecule has 0 spiro atoms. The van der Waals surface area contributed by atoms with E-state index in [1.165, 1.54) is 16.5 Å². The van der Waals surface area contributed by atoms with Gasteiger partial charge in [0.2, 0.25) is 0 Å². The number of ether oxygens (including phenoxy) is 1. The molecule has 0 aliphatic carbocycles. The van der Waals surface area contributed by atoms with E-state index in [-0.39, 0.29) is 0 Å². The minimum atomic E-state index is 0.318. The largest absolute Gasteiger partial charge is 0.454 e. The summed E-state index contributed by atoms with van der Waals surface area (Å²) in [6, 6.07) is 12.8. The highest BCUT2D eigenvalue weighted by Crippen LogP contribution is 2.48. The van der Waals surface area contributed by atoms with Gasteiger partial charge in [-0.15, -0.1) is 0 Å². The fourth-order valence-corrected chi connectivity index (χ4v) is 3.38. The van der Waals surface area contributed by atoms with Gasteiger partial charge >= 0.3 is 0 Å². The first kappa shape index (κ1) is 14.7. The van der Waals surface area contributed by atoms with Crippen molar-refractivity contribution in [2.75, 3.05) is 0 Å². The van der Waals surface area contributed by atoms with Gasteiger partial charge in [-0.25, -0.2) is 0 Å². The van der Waals surface area contributed by atoms with Crippen LogP contribution in [0.25, 0.3) is 22.0 Å². The van der Waals surface area contributed by atoms with Crippen molar-refractivity contribution in [2.45, 2.75) is 33.1 Å². The van der Waals surface area contributed by atoms with Gasteiger partial charge in [0.1, 0.15) is 11.4 Å². The lowest BCUT2D eigenvalue weighted by Gasteiger charge is -2.24. The Morgan fingerprint density at radius 3 is 2.79 bits per heavy atom. The zero-order valence-corrected chi connectivity index (χ0v) is 14.1. The van der Waals surface area contributed by atoms with E-state index >= 15 is 0 Å². The Hall–Kier alpha value is -2.86. The van der Waals surface area contributed by atoms with E-state index in [0.29, 0.717) is 12.3 Å². The molecule has 3 aromatic rings. The predicted molar refractivity (Wildman–Crippen MR) is 95.4 cm³/mol. The number of nitrogens with zero attached hydrogens (tertiary/aromatic N) is 2. The summed E-state index contributed by atoms with van der Waals surface area (Å²) < 4.78 is 6.25. The Labute approximate surface area is 141 Å². The van der Waals surface area contributed by atoms with Gasteiger partial charge < -0.3 is 4.74 Å². The lowest BCUT2D eigenvalue weighted by Crippen LogP contribution is -2.04. The second-order valence-electron chi connectivity index (χ2n) is 6.67. The van der Waals surface area contributed by atoms with Crippen LogP contribution < -0.4 is 4.74 Å². The molecule has 0 saturated carbocycles. The number of fused-ring (bicyclic) bond motifs is 2. The van der Waals surface area contributed by atoms with E-state index in [9.17, 15) is 0 Å². The Morgan fingerprint density at radius 1 is 1.21 bits per heavy atom. The Morgan fingerprint density at radius 2 is 2.04 bits per heavy atom. The van der Waals surface area contributed by atoms with Crippen LogP contribution in [0.4, 0.5) is 0 Å².